The lowest BCUT2D eigenvalue weighted by Gasteiger charge is -2.50. The zero-order valence-corrected chi connectivity index (χ0v) is 47.3. The highest BCUT2D eigenvalue weighted by Crippen LogP contribution is 2.61. The molecule has 5 heteroatoms. The zero-order chi connectivity index (χ0) is 51.0. The van der Waals surface area contributed by atoms with Gasteiger partial charge >= 0.3 is 0 Å². The number of benzene rings is 6. The van der Waals surface area contributed by atoms with Crippen LogP contribution >= 0.6 is 11.3 Å². The van der Waals surface area contributed by atoms with Gasteiger partial charge in [0.05, 0.1) is 10.5 Å². The molecule has 0 bridgehead atoms. The van der Waals surface area contributed by atoms with Crippen LogP contribution in [-0.2, 0) is 32.5 Å². The lowest BCUT2D eigenvalue weighted by Crippen LogP contribution is -2.61. The van der Waals surface area contributed by atoms with Crippen LogP contribution in [-0.4, -0.2) is 12.3 Å². The third-order valence-electron chi connectivity index (χ3n) is 19.0. The average molecular weight is 968 g/mol. The molecule has 0 amide bonds. The van der Waals surface area contributed by atoms with Gasteiger partial charge in [-0.05, 0) is 194 Å². The maximum Gasteiger partial charge on any atom is 0.254 e. The normalized spacial score (nSPS) is 21.8. The highest BCUT2D eigenvalue weighted by Gasteiger charge is 2.58. The standard InChI is InChI=1S/C67H78BN3S/c1-41-33-55-59-56(34-41)70(45-25-23-42(24-26-45)61(2,3)4)60-58(48-39-50-51(40-57(48)72-60)65(13,14)32-31-64(50,11)12)68(59)52-28-27-46(71-53-22-18-17-21-49(53)66(15)29-19-20-30-67(66,71)16)38-54(52)69(55)47-36-43(62(5,6)7)35-44(37-47)63(8,9)10/h17-18,21-28,33-40H,19-20,29-32H2,1-16H3. The molecule has 0 saturated heterocycles. The first kappa shape index (κ1) is 47.7. The summed E-state index contributed by atoms with van der Waals surface area (Å²) in [6, 6.07) is 44.5. The van der Waals surface area contributed by atoms with Gasteiger partial charge in [-0.2, -0.15) is 0 Å². The molecule has 5 aliphatic rings. The number of aryl methyl sites for hydroxylation is 1. The first-order chi connectivity index (χ1) is 33.7. The molecule has 1 fully saturated rings. The van der Waals surface area contributed by atoms with Crippen LogP contribution in [0.25, 0.3) is 10.1 Å². The SMILES string of the molecule is Cc1cc2c3c(c1)N(c1ccc(C(C)(C)C)cc1)c1sc4cc5c(cc4c1B3c1ccc(N3c4ccccc4C4(C)CCCCC34C)cc1N2c1cc(C(C)(C)C)cc(C(C)(C)C)c1)C(C)(C)CCC5(C)C. The van der Waals surface area contributed by atoms with Crippen molar-refractivity contribution in [3.63, 3.8) is 0 Å². The van der Waals surface area contributed by atoms with E-state index in [0.29, 0.717) is 0 Å². The van der Waals surface area contributed by atoms with E-state index >= 15 is 0 Å². The van der Waals surface area contributed by atoms with Crippen molar-refractivity contribution in [3.05, 3.63) is 148 Å². The molecule has 1 aromatic heterocycles. The van der Waals surface area contributed by atoms with Crippen LogP contribution in [0.4, 0.5) is 44.8 Å². The Bertz CT molecular complexity index is 3350. The molecule has 0 radical (unpaired) electrons. The summed E-state index contributed by atoms with van der Waals surface area (Å²) in [5, 5.41) is 2.78. The minimum absolute atomic E-state index is 0.0248. The number of hydrogen-bond donors (Lipinski definition) is 0. The molecule has 0 spiro atoms. The molecule has 72 heavy (non-hydrogen) atoms. The van der Waals surface area contributed by atoms with Crippen molar-refractivity contribution in [2.24, 2.45) is 0 Å². The third-order valence-corrected chi connectivity index (χ3v) is 20.1. The van der Waals surface area contributed by atoms with Gasteiger partial charge in [-0.15, -0.1) is 11.3 Å². The van der Waals surface area contributed by atoms with Crippen LogP contribution in [0.1, 0.15) is 181 Å². The molecule has 0 N–H and O–H groups in total. The summed E-state index contributed by atoms with van der Waals surface area (Å²) in [6.07, 6.45) is 7.30. The Morgan fingerprint density at radius 1 is 0.486 bits per heavy atom. The number of para-hydroxylation sites is 1. The first-order valence-electron chi connectivity index (χ1n) is 27.4. The summed E-state index contributed by atoms with van der Waals surface area (Å²) >= 11 is 2.02. The van der Waals surface area contributed by atoms with Crippen LogP contribution in [0.15, 0.2) is 109 Å². The van der Waals surface area contributed by atoms with E-state index in [-0.39, 0.29) is 44.7 Å². The third kappa shape index (κ3) is 6.87. The van der Waals surface area contributed by atoms with Gasteiger partial charge in [-0.25, -0.2) is 0 Å². The number of fused-ring (bicyclic) bond motifs is 10. The summed E-state index contributed by atoms with van der Waals surface area (Å²) < 4.78 is 1.40. The van der Waals surface area contributed by atoms with Gasteiger partial charge in [0.1, 0.15) is 0 Å². The van der Waals surface area contributed by atoms with Gasteiger partial charge in [0.15, 0.2) is 0 Å². The minimum atomic E-state index is -0.0554. The monoisotopic (exact) mass is 968 g/mol. The summed E-state index contributed by atoms with van der Waals surface area (Å²) in [5.41, 5.74) is 23.4. The van der Waals surface area contributed by atoms with E-state index in [1.807, 2.05) is 11.3 Å². The second-order valence-corrected chi connectivity index (χ2v) is 28.8. The topological polar surface area (TPSA) is 9.72 Å². The van der Waals surface area contributed by atoms with Crippen LogP contribution in [0.2, 0.25) is 0 Å². The summed E-state index contributed by atoms with van der Waals surface area (Å²) in [6.45, 7) is 38.7. The molecule has 7 aromatic rings. The Balaban J connectivity index is 1.20. The molecular weight excluding hydrogens is 890 g/mol. The fourth-order valence-corrected chi connectivity index (χ4v) is 15.5. The quantitative estimate of drug-likeness (QED) is 0.163. The maximum atomic E-state index is 2.79. The van der Waals surface area contributed by atoms with Gasteiger partial charge in [-0.1, -0.05) is 152 Å². The molecule has 3 nitrogen and oxygen atoms in total. The maximum absolute atomic E-state index is 2.79. The van der Waals surface area contributed by atoms with Gasteiger partial charge in [0.25, 0.3) is 6.71 Å². The first-order valence-corrected chi connectivity index (χ1v) is 28.2. The molecule has 370 valence electrons. The summed E-state index contributed by atoms with van der Waals surface area (Å²) in [5.74, 6) is 0. The van der Waals surface area contributed by atoms with E-state index < -0.39 is 0 Å². The molecular formula is C67H78BN3S. The second kappa shape index (κ2) is 15.4. The summed E-state index contributed by atoms with van der Waals surface area (Å²) in [7, 11) is 0. The molecule has 1 saturated carbocycles. The largest absolute Gasteiger partial charge is 0.334 e. The van der Waals surface area contributed by atoms with E-state index in [4.69, 9.17) is 0 Å². The van der Waals surface area contributed by atoms with Crippen molar-refractivity contribution in [1.82, 2.24) is 0 Å². The van der Waals surface area contributed by atoms with Gasteiger partial charge in [0.2, 0.25) is 0 Å². The van der Waals surface area contributed by atoms with E-state index in [0.717, 1.165) is 0 Å². The Kier molecular flexibility index (Phi) is 10.2. The predicted molar refractivity (Wildman–Crippen MR) is 315 cm³/mol. The van der Waals surface area contributed by atoms with E-state index in [1.54, 1.807) is 0 Å². The Labute approximate surface area is 437 Å². The molecule has 2 atom stereocenters. The van der Waals surface area contributed by atoms with E-state index in [9.17, 15) is 0 Å². The zero-order valence-electron chi connectivity index (χ0n) is 46.5. The fraction of sp³-hybridized carbons (Fsp3) is 0.433. The van der Waals surface area contributed by atoms with Crippen molar-refractivity contribution < 1.29 is 0 Å². The fourth-order valence-electron chi connectivity index (χ4n) is 14.2. The van der Waals surface area contributed by atoms with Crippen LogP contribution in [0.5, 0.6) is 0 Å². The van der Waals surface area contributed by atoms with Crippen molar-refractivity contribution in [2.75, 3.05) is 14.7 Å². The van der Waals surface area contributed by atoms with Gasteiger partial charge in [-0.3, -0.25) is 0 Å². The lowest BCUT2D eigenvalue weighted by molar-refractivity contribution is 0.195. The number of thiophene rings is 1. The Morgan fingerprint density at radius 3 is 1.71 bits per heavy atom. The minimum Gasteiger partial charge on any atom is -0.334 e. The number of hydrogen-bond acceptors (Lipinski definition) is 4. The van der Waals surface area contributed by atoms with Crippen molar-refractivity contribution in [2.45, 2.75) is 187 Å². The van der Waals surface area contributed by atoms with Crippen molar-refractivity contribution in [3.8, 4) is 0 Å². The number of nitrogens with zero attached hydrogens (tertiary/aromatic N) is 3. The molecule has 2 unspecified atom stereocenters. The van der Waals surface area contributed by atoms with Crippen molar-refractivity contribution in [1.29, 1.82) is 0 Å². The molecule has 3 aliphatic heterocycles. The van der Waals surface area contributed by atoms with E-state index in [2.05, 4.69) is 235 Å². The summed E-state index contributed by atoms with van der Waals surface area (Å²) in [4.78, 5) is 8.16. The van der Waals surface area contributed by atoms with Gasteiger partial charge in [0, 0.05) is 49.9 Å². The van der Waals surface area contributed by atoms with Crippen LogP contribution < -0.4 is 31.1 Å². The highest BCUT2D eigenvalue weighted by atomic mass is 32.1. The van der Waals surface area contributed by atoms with Crippen molar-refractivity contribution >= 4 is 89.3 Å². The molecule has 2 aliphatic carbocycles. The second-order valence-electron chi connectivity index (χ2n) is 27.8. The molecule has 4 heterocycles. The predicted octanol–water partition coefficient (Wildman–Crippen LogP) is 17.3. The highest BCUT2D eigenvalue weighted by molar-refractivity contribution is 7.26. The molecule has 6 aromatic carbocycles. The van der Waals surface area contributed by atoms with Gasteiger partial charge < -0.3 is 14.7 Å². The number of anilines is 8. The number of rotatable bonds is 3. The Hall–Kier alpha value is -5.26. The van der Waals surface area contributed by atoms with Crippen LogP contribution in [0, 0.1) is 6.92 Å². The lowest BCUT2D eigenvalue weighted by atomic mass is 9.33. The average Bonchev–Trinajstić information content (AvgIpc) is 3.78. The molecule has 12 rings (SSSR count). The smallest absolute Gasteiger partial charge is 0.254 e. The Morgan fingerprint density at radius 2 is 1.07 bits per heavy atom. The van der Waals surface area contributed by atoms with Crippen LogP contribution in [0.3, 0.4) is 0 Å². The van der Waals surface area contributed by atoms with E-state index in [1.165, 1.54) is 149 Å².